The summed E-state index contributed by atoms with van der Waals surface area (Å²) >= 11 is 0. The van der Waals surface area contributed by atoms with E-state index in [1.165, 1.54) is 43.8 Å². The predicted octanol–water partition coefficient (Wildman–Crippen LogP) is 15.4. The molecule has 0 atom stereocenters. The minimum absolute atomic E-state index is 0.830. The van der Waals surface area contributed by atoms with E-state index < -0.39 is 0 Å². The molecule has 2 nitrogen and oxygen atoms in total. The lowest BCUT2D eigenvalue weighted by Gasteiger charge is -2.30. The van der Waals surface area contributed by atoms with Gasteiger partial charge in [0.15, 0.2) is 0 Å². The summed E-state index contributed by atoms with van der Waals surface area (Å²) < 4.78 is 0. The van der Waals surface area contributed by atoms with Gasteiger partial charge in [0.1, 0.15) is 0 Å². The van der Waals surface area contributed by atoms with Gasteiger partial charge in [-0.1, -0.05) is 171 Å². The maximum absolute atomic E-state index is 3.98. The van der Waals surface area contributed by atoms with E-state index in [-0.39, 0.29) is 0 Å². The maximum Gasteiger partial charge on any atom is 0.0540 e. The van der Waals surface area contributed by atoms with Gasteiger partial charge in [0.05, 0.1) is 11.4 Å². The van der Waals surface area contributed by atoms with Gasteiger partial charge in [0.25, 0.3) is 0 Å². The number of benzene rings is 9. The fourth-order valence-electron chi connectivity index (χ4n) is 8.15. The van der Waals surface area contributed by atoms with Crippen LogP contribution >= 0.6 is 0 Å². The van der Waals surface area contributed by atoms with Crippen molar-refractivity contribution in [3.8, 4) is 0 Å². The Bertz CT molecular complexity index is 2690. The van der Waals surface area contributed by atoms with E-state index in [1.54, 1.807) is 0 Å². The van der Waals surface area contributed by atoms with E-state index >= 15 is 0 Å². The standard InChI is InChI=1S/C56H44N2/c1-3-41-15-9-17-43(35-41)37-45-19-11-25-51(39-45)57(55-29-13-23-47-21-5-7-27-53(47)55)49-31-33-50(34-32-49)58(56-30-14-24-48-22-6-8-28-54(48)56)52-26-12-20-46(40-52)38-44-18-10-16-42(4-2)36-44/h3-36,39-40H,1-2,37-38H2. The smallest absolute Gasteiger partial charge is 0.0540 e. The second-order valence-electron chi connectivity index (χ2n) is 14.8. The number of hydrogen-bond acceptors (Lipinski definition) is 2. The molecule has 9 aromatic carbocycles. The summed E-state index contributed by atoms with van der Waals surface area (Å²) in [5.41, 5.74) is 13.9. The van der Waals surface area contributed by atoms with Gasteiger partial charge in [-0.25, -0.2) is 0 Å². The Labute approximate surface area is 341 Å². The molecule has 58 heavy (non-hydrogen) atoms. The van der Waals surface area contributed by atoms with Gasteiger partial charge < -0.3 is 9.80 Å². The highest BCUT2D eigenvalue weighted by molar-refractivity contribution is 6.00. The molecule has 0 heterocycles. The molecular weight excluding hydrogens is 701 g/mol. The Balaban J connectivity index is 1.15. The fraction of sp³-hybridized carbons (Fsp3) is 0.0357. The zero-order valence-corrected chi connectivity index (χ0v) is 32.5. The van der Waals surface area contributed by atoms with E-state index in [2.05, 4.69) is 229 Å². The molecule has 0 saturated carbocycles. The first kappa shape index (κ1) is 36.2. The first-order chi connectivity index (χ1) is 28.6. The third kappa shape index (κ3) is 7.56. The first-order valence-electron chi connectivity index (χ1n) is 19.9. The molecule has 9 aromatic rings. The molecule has 0 radical (unpaired) electrons. The number of rotatable bonds is 12. The third-order valence-corrected chi connectivity index (χ3v) is 10.9. The molecule has 0 N–H and O–H groups in total. The van der Waals surface area contributed by atoms with Crippen LogP contribution in [0.4, 0.5) is 34.1 Å². The number of fused-ring (bicyclic) bond motifs is 2. The third-order valence-electron chi connectivity index (χ3n) is 10.9. The largest absolute Gasteiger partial charge is 0.310 e. The summed E-state index contributed by atoms with van der Waals surface area (Å²) in [6.45, 7) is 7.97. The molecule has 0 amide bonds. The van der Waals surface area contributed by atoms with E-state index in [0.29, 0.717) is 0 Å². The Morgan fingerprint density at radius 2 is 0.690 bits per heavy atom. The molecule has 0 fully saturated rings. The molecule has 0 bridgehead atoms. The van der Waals surface area contributed by atoms with Crippen LogP contribution in [0, 0.1) is 0 Å². The second kappa shape index (κ2) is 16.4. The summed E-state index contributed by atoms with van der Waals surface area (Å²) in [5.74, 6) is 0. The lowest BCUT2D eigenvalue weighted by Crippen LogP contribution is -2.13. The van der Waals surface area contributed by atoms with Gasteiger partial charge in [0.2, 0.25) is 0 Å². The van der Waals surface area contributed by atoms with Crippen LogP contribution in [0.25, 0.3) is 33.7 Å². The molecule has 0 aliphatic carbocycles. The van der Waals surface area contributed by atoms with Crippen molar-refractivity contribution in [3.05, 3.63) is 253 Å². The summed E-state index contributed by atoms with van der Waals surface area (Å²) in [4.78, 5) is 4.80. The van der Waals surface area contributed by atoms with Crippen LogP contribution in [-0.4, -0.2) is 0 Å². The van der Waals surface area contributed by atoms with E-state index in [1.807, 2.05) is 12.2 Å². The summed E-state index contributed by atoms with van der Waals surface area (Å²) in [6, 6.07) is 74.7. The molecular formula is C56H44N2. The Morgan fingerprint density at radius 3 is 1.12 bits per heavy atom. The predicted molar refractivity (Wildman–Crippen MR) is 249 cm³/mol. The highest BCUT2D eigenvalue weighted by Gasteiger charge is 2.19. The molecule has 0 spiro atoms. The zero-order chi connectivity index (χ0) is 39.3. The topological polar surface area (TPSA) is 6.48 Å². The molecule has 0 aliphatic heterocycles. The molecule has 0 aromatic heterocycles. The highest BCUT2D eigenvalue weighted by Crippen LogP contribution is 2.43. The van der Waals surface area contributed by atoms with Crippen molar-refractivity contribution in [1.82, 2.24) is 0 Å². The number of anilines is 6. The fourth-order valence-corrected chi connectivity index (χ4v) is 8.15. The minimum atomic E-state index is 0.830. The first-order valence-corrected chi connectivity index (χ1v) is 19.9. The van der Waals surface area contributed by atoms with Crippen LogP contribution < -0.4 is 9.80 Å². The minimum Gasteiger partial charge on any atom is -0.310 e. The lowest BCUT2D eigenvalue weighted by molar-refractivity contribution is 1.17. The van der Waals surface area contributed by atoms with Crippen molar-refractivity contribution in [2.75, 3.05) is 9.80 Å². The van der Waals surface area contributed by atoms with Gasteiger partial charge in [-0.3, -0.25) is 0 Å². The van der Waals surface area contributed by atoms with Crippen LogP contribution in [0.15, 0.2) is 219 Å². The number of hydrogen-bond donors (Lipinski definition) is 0. The molecule has 2 heteroatoms. The van der Waals surface area contributed by atoms with Crippen LogP contribution in [0.2, 0.25) is 0 Å². The van der Waals surface area contributed by atoms with Gasteiger partial charge in [-0.2, -0.15) is 0 Å². The molecule has 0 saturated heterocycles. The van der Waals surface area contributed by atoms with Crippen molar-refractivity contribution in [2.24, 2.45) is 0 Å². The van der Waals surface area contributed by atoms with Gasteiger partial charge in [0, 0.05) is 33.5 Å². The van der Waals surface area contributed by atoms with Crippen molar-refractivity contribution in [2.45, 2.75) is 12.8 Å². The second-order valence-corrected chi connectivity index (χ2v) is 14.8. The average molecular weight is 745 g/mol. The molecule has 9 rings (SSSR count). The molecule has 0 aliphatic rings. The molecule has 278 valence electrons. The summed E-state index contributed by atoms with van der Waals surface area (Å²) in [6.07, 6.45) is 5.48. The Morgan fingerprint density at radius 1 is 0.328 bits per heavy atom. The van der Waals surface area contributed by atoms with Crippen LogP contribution in [-0.2, 0) is 12.8 Å². The van der Waals surface area contributed by atoms with Crippen molar-refractivity contribution < 1.29 is 0 Å². The van der Waals surface area contributed by atoms with E-state index in [9.17, 15) is 0 Å². The summed E-state index contributed by atoms with van der Waals surface area (Å²) in [5, 5.41) is 4.81. The van der Waals surface area contributed by atoms with Crippen LogP contribution in [0.1, 0.15) is 33.4 Å². The quantitative estimate of drug-likeness (QED) is 0.123. The van der Waals surface area contributed by atoms with Crippen molar-refractivity contribution >= 4 is 67.8 Å². The Hall–Kier alpha value is -7.42. The van der Waals surface area contributed by atoms with Crippen LogP contribution in [0.3, 0.4) is 0 Å². The normalized spacial score (nSPS) is 11.0. The van der Waals surface area contributed by atoms with E-state index in [0.717, 1.165) is 58.1 Å². The monoisotopic (exact) mass is 744 g/mol. The Kier molecular flexibility index (Phi) is 10.2. The van der Waals surface area contributed by atoms with Crippen molar-refractivity contribution in [3.63, 3.8) is 0 Å². The van der Waals surface area contributed by atoms with Crippen molar-refractivity contribution in [1.29, 1.82) is 0 Å². The molecule has 0 unspecified atom stereocenters. The highest BCUT2D eigenvalue weighted by atomic mass is 15.2. The van der Waals surface area contributed by atoms with E-state index in [4.69, 9.17) is 0 Å². The van der Waals surface area contributed by atoms with Crippen LogP contribution in [0.5, 0.6) is 0 Å². The van der Waals surface area contributed by atoms with Gasteiger partial charge in [-0.15, -0.1) is 0 Å². The SMILES string of the molecule is C=Cc1cccc(Cc2cccc(N(c3ccc(N(c4cccc(Cc5cccc(C=C)c5)c4)c4cccc5ccccc45)cc3)c3cccc4ccccc34)c2)c1. The number of nitrogens with zero attached hydrogens (tertiary/aromatic N) is 2. The van der Waals surface area contributed by atoms with Gasteiger partial charge >= 0.3 is 0 Å². The summed E-state index contributed by atoms with van der Waals surface area (Å²) in [7, 11) is 0. The average Bonchev–Trinajstić information content (AvgIpc) is 3.28. The maximum atomic E-state index is 3.98. The van der Waals surface area contributed by atoms with Gasteiger partial charge in [-0.05, 0) is 118 Å². The lowest BCUT2D eigenvalue weighted by atomic mass is 10.0. The zero-order valence-electron chi connectivity index (χ0n) is 32.5.